The molecule has 0 aliphatic heterocycles. The van der Waals surface area contributed by atoms with Gasteiger partial charge in [-0.1, -0.05) is 19.0 Å². The molecule has 0 aliphatic rings. The lowest BCUT2D eigenvalue weighted by molar-refractivity contribution is -0.116. The minimum Gasteiger partial charge on any atom is -0.359 e. The molecule has 0 radical (unpaired) electrons. The second-order valence-electron chi connectivity index (χ2n) is 3.86. The molecule has 0 saturated carbocycles. The molecule has 1 heterocycles. The lowest BCUT2D eigenvalue weighted by Gasteiger charge is -2.04. The minimum atomic E-state index is -0.0172. The summed E-state index contributed by atoms with van der Waals surface area (Å²) in [6.07, 6.45) is 0.505. The van der Waals surface area contributed by atoms with Gasteiger partial charge in [0.05, 0.1) is 0 Å². The van der Waals surface area contributed by atoms with Gasteiger partial charge in [-0.3, -0.25) is 4.79 Å². The number of anilines is 1. The van der Waals surface area contributed by atoms with Crippen molar-refractivity contribution in [2.45, 2.75) is 34.1 Å². The molecule has 0 saturated heterocycles. The van der Waals surface area contributed by atoms with Crippen LogP contribution in [0.5, 0.6) is 0 Å². The Balaban J connectivity index is 2.61. The maximum atomic E-state index is 11.4. The van der Waals surface area contributed by atoms with Crippen LogP contribution in [0.3, 0.4) is 0 Å². The van der Waals surface area contributed by atoms with Crippen LogP contribution < -0.4 is 5.32 Å². The van der Waals surface area contributed by atoms with E-state index in [9.17, 15) is 4.79 Å². The molecule has 0 aliphatic carbocycles. The highest BCUT2D eigenvalue weighted by Crippen LogP contribution is 2.16. The highest BCUT2D eigenvalue weighted by Gasteiger charge is 2.11. The summed E-state index contributed by atoms with van der Waals surface area (Å²) in [7, 11) is 0. The molecule has 4 heteroatoms. The fourth-order valence-corrected chi connectivity index (χ4v) is 1.09. The molecular weight excluding hydrogens is 180 g/mol. The van der Waals surface area contributed by atoms with E-state index in [4.69, 9.17) is 4.52 Å². The number of nitrogens with one attached hydrogen (secondary N) is 1. The van der Waals surface area contributed by atoms with Crippen molar-refractivity contribution in [1.82, 2.24) is 5.16 Å². The Labute approximate surface area is 83.7 Å². The molecule has 1 rings (SSSR count). The molecule has 0 aromatic carbocycles. The van der Waals surface area contributed by atoms with Gasteiger partial charge < -0.3 is 9.84 Å². The normalized spacial score (nSPS) is 10.6. The number of aromatic nitrogens is 1. The van der Waals surface area contributed by atoms with Crippen LogP contribution in [0.1, 0.15) is 31.6 Å². The zero-order valence-electron chi connectivity index (χ0n) is 9.05. The Morgan fingerprint density at radius 2 is 2.14 bits per heavy atom. The SMILES string of the molecule is Cc1onc(NC(=O)CC(C)C)c1C. The number of hydrogen-bond donors (Lipinski definition) is 1. The van der Waals surface area contributed by atoms with Gasteiger partial charge in [0.2, 0.25) is 5.91 Å². The first kappa shape index (κ1) is 10.8. The molecular formula is C10H16N2O2. The summed E-state index contributed by atoms with van der Waals surface area (Å²) in [6, 6.07) is 0. The first-order valence-corrected chi connectivity index (χ1v) is 4.73. The molecule has 0 unspecified atom stereocenters. The Morgan fingerprint density at radius 1 is 1.50 bits per heavy atom. The number of rotatable bonds is 3. The topological polar surface area (TPSA) is 55.1 Å². The van der Waals surface area contributed by atoms with E-state index in [1.54, 1.807) is 0 Å². The van der Waals surface area contributed by atoms with Crippen LogP contribution in [0.4, 0.5) is 5.82 Å². The van der Waals surface area contributed by atoms with Gasteiger partial charge in [0.15, 0.2) is 5.82 Å². The second-order valence-corrected chi connectivity index (χ2v) is 3.86. The number of carbonyl (C=O) groups excluding carboxylic acids is 1. The van der Waals surface area contributed by atoms with Gasteiger partial charge in [0, 0.05) is 12.0 Å². The molecule has 1 aromatic heterocycles. The predicted octanol–water partition coefficient (Wildman–Crippen LogP) is 2.28. The highest BCUT2D eigenvalue weighted by atomic mass is 16.5. The van der Waals surface area contributed by atoms with Crippen molar-refractivity contribution in [3.63, 3.8) is 0 Å². The van der Waals surface area contributed by atoms with Crippen molar-refractivity contribution < 1.29 is 9.32 Å². The maximum absolute atomic E-state index is 11.4. The first-order chi connectivity index (χ1) is 6.50. The van der Waals surface area contributed by atoms with Gasteiger partial charge in [-0.2, -0.15) is 0 Å². The molecule has 78 valence electrons. The second kappa shape index (κ2) is 4.26. The molecule has 0 atom stereocenters. The average Bonchev–Trinajstić information content (AvgIpc) is 2.34. The minimum absolute atomic E-state index is 0.0172. The van der Waals surface area contributed by atoms with E-state index in [1.807, 2.05) is 27.7 Å². The summed E-state index contributed by atoms with van der Waals surface area (Å²) < 4.78 is 4.94. The predicted molar refractivity (Wildman–Crippen MR) is 54.1 cm³/mol. The van der Waals surface area contributed by atoms with Crippen molar-refractivity contribution in [3.8, 4) is 0 Å². The summed E-state index contributed by atoms with van der Waals surface area (Å²) in [5.41, 5.74) is 0.891. The van der Waals surface area contributed by atoms with Crippen molar-refractivity contribution in [2.24, 2.45) is 5.92 Å². The van der Waals surface area contributed by atoms with Crippen LogP contribution in [0.2, 0.25) is 0 Å². The zero-order valence-corrected chi connectivity index (χ0v) is 9.05. The molecule has 1 aromatic rings. The summed E-state index contributed by atoms with van der Waals surface area (Å²) in [5, 5.41) is 6.47. The third-order valence-corrected chi connectivity index (χ3v) is 2.01. The van der Waals surface area contributed by atoms with Crippen LogP contribution in [-0.2, 0) is 4.79 Å². The number of aryl methyl sites for hydroxylation is 1. The molecule has 4 nitrogen and oxygen atoms in total. The molecule has 1 amide bonds. The zero-order chi connectivity index (χ0) is 10.7. The van der Waals surface area contributed by atoms with E-state index in [-0.39, 0.29) is 5.91 Å². The smallest absolute Gasteiger partial charge is 0.225 e. The number of hydrogen-bond acceptors (Lipinski definition) is 3. The average molecular weight is 196 g/mol. The third-order valence-electron chi connectivity index (χ3n) is 2.01. The van der Waals surface area contributed by atoms with Crippen LogP contribution >= 0.6 is 0 Å². The van der Waals surface area contributed by atoms with Gasteiger partial charge >= 0.3 is 0 Å². The maximum Gasteiger partial charge on any atom is 0.225 e. The lowest BCUT2D eigenvalue weighted by Crippen LogP contribution is -2.14. The van der Waals surface area contributed by atoms with Crippen molar-refractivity contribution in [2.75, 3.05) is 5.32 Å². The van der Waals surface area contributed by atoms with E-state index in [1.165, 1.54) is 0 Å². The lowest BCUT2D eigenvalue weighted by atomic mass is 10.1. The summed E-state index contributed by atoms with van der Waals surface area (Å²) in [6.45, 7) is 7.69. The fraction of sp³-hybridized carbons (Fsp3) is 0.600. The van der Waals surface area contributed by atoms with Gasteiger partial charge in [0.1, 0.15) is 5.76 Å². The van der Waals surface area contributed by atoms with E-state index >= 15 is 0 Å². The standard InChI is InChI=1S/C10H16N2O2/c1-6(2)5-9(13)11-10-7(3)8(4)14-12-10/h6H,5H2,1-4H3,(H,11,12,13). The number of amides is 1. The molecule has 0 bridgehead atoms. The molecule has 0 fully saturated rings. The van der Waals surface area contributed by atoms with Gasteiger partial charge in [-0.05, 0) is 19.8 Å². The summed E-state index contributed by atoms with van der Waals surface area (Å²) >= 11 is 0. The van der Waals surface area contributed by atoms with Crippen molar-refractivity contribution >= 4 is 11.7 Å². The largest absolute Gasteiger partial charge is 0.359 e. The van der Waals surface area contributed by atoms with E-state index in [0.29, 0.717) is 18.2 Å². The number of nitrogens with zero attached hydrogens (tertiary/aromatic N) is 1. The summed E-state index contributed by atoms with van der Waals surface area (Å²) in [4.78, 5) is 11.4. The van der Waals surface area contributed by atoms with E-state index in [2.05, 4.69) is 10.5 Å². The Bertz CT molecular complexity index is 329. The van der Waals surface area contributed by atoms with Gasteiger partial charge in [-0.25, -0.2) is 0 Å². The quantitative estimate of drug-likeness (QED) is 0.806. The fourth-order valence-electron chi connectivity index (χ4n) is 1.09. The van der Waals surface area contributed by atoms with Gasteiger partial charge in [0.25, 0.3) is 0 Å². The van der Waals surface area contributed by atoms with Crippen LogP contribution in [0.25, 0.3) is 0 Å². The monoisotopic (exact) mass is 196 g/mol. The summed E-state index contributed by atoms with van der Waals surface area (Å²) in [5.74, 6) is 1.61. The van der Waals surface area contributed by atoms with Gasteiger partial charge in [-0.15, -0.1) is 0 Å². The highest BCUT2D eigenvalue weighted by molar-refractivity contribution is 5.90. The molecule has 14 heavy (non-hydrogen) atoms. The Kier molecular flexibility index (Phi) is 3.28. The molecule has 0 spiro atoms. The Morgan fingerprint density at radius 3 is 2.57 bits per heavy atom. The van der Waals surface area contributed by atoms with Crippen LogP contribution in [0.15, 0.2) is 4.52 Å². The van der Waals surface area contributed by atoms with E-state index < -0.39 is 0 Å². The van der Waals surface area contributed by atoms with Crippen molar-refractivity contribution in [1.29, 1.82) is 0 Å². The third kappa shape index (κ3) is 2.58. The van der Waals surface area contributed by atoms with Crippen molar-refractivity contribution in [3.05, 3.63) is 11.3 Å². The molecule has 1 N–H and O–H groups in total. The number of carbonyl (C=O) groups is 1. The van der Waals surface area contributed by atoms with Crippen LogP contribution in [0, 0.1) is 19.8 Å². The van der Waals surface area contributed by atoms with E-state index in [0.717, 1.165) is 11.3 Å². The Hall–Kier alpha value is -1.32. The first-order valence-electron chi connectivity index (χ1n) is 4.73. The van der Waals surface area contributed by atoms with Crippen LogP contribution in [-0.4, -0.2) is 11.1 Å².